The predicted molar refractivity (Wildman–Crippen MR) is 112 cm³/mol. The smallest absolute Gasteiger partial charge is 0.153 e. The van der Waals surface area contributed by atoms with Crippen molar-refractivity contribution in [1.29, 1.82) is 0 Å². The lowest BCUT2D eigenvalue weighted by Crippen LogP contribution is -2.03. The van der Waals surface area contributed by atoms with Crippen LogP contribution in [-0.2, 0) is 12.8 Å². The highest BCUT2D eigenvalue weighted by Crippen LogP contribution is 2.23. The van der Waals surface area contributed by atoms with Gasteiger partial charge in [0.1, 0.15) is 11.5 Å². The highest BCUT2D eigenvalue weighted by molar-refractivity contribution is 5.80. The van der Waals surface area contributed by atoms with Crippen molar-refractivity contribution >= 4 is 6.29 Å². The van der Waals surface area contributed by atoms with Crippen LogP contribution < -0.4 is 9.47 Å². The summed E-state index contributed by atoms with van der Waals surface area (Å²) in [5.74, 6) is 1.31. The zero-order chi connectivity index (χ0) is 19.4. The van der Waals surface area contributed by atoms with Gasteiger partial charge in [-0.3, -0.25) is 4.79 Å². The maximum absolute atomic E-state index is 11.4. The zero-order valence-electron chi connectivity index (χ0n) is 16.1. The molecular formula is C25H26O3. The lowest BCUT2D eigenvalue weighted by molar-refractivity contribution is 0.111. The number of ether oxygens (including phenoxy) is 2. The summed E-state index contributed by atoms with van der Waals surface area (Å²) in [5.41, 5.74) is 3.13. The summed E-state index contributed by atoms with van der Waals surface area (Å²) in [6.45, 7) is 1.19. The number of aryl methyl sites for hydroxylation is 2. The van der Waals surface area contributed by atoms with Crippen molar-refractivity contribution < 1.29 is 14.3 Å². The van der Waals surface area contributed by atoms with Gasteiger partial charge in [-0.25, -0.2) is 0 Å². The van der Waals surface area contributed by atoms with Crippen molar-refractivity contribution in [2.45, 2.75) is 25.7 Å². The van der Waals surface area contributed by atoms with Gasteiger partial charge in [-0.1, -0.05) is 60.7 Å². The van der Waals surface area contributed by atoms with E-state index in [4.69, 9.17) is 9.47 Å². The van der Waals surface area contributed by atoms with E-state index in [-0.39, 0.29) is 0 Å². The van der Waals surface area contributed by atoms with Gasteiger partial charge in [-0.05, 0) is 55.0 Å². The van der Waals surface area contributed by atoms with Crippen LogP contribution in [-0.4, -0.2) is 19.5 Å². The first-order chi connectivity index (χ1) is 13.8. The number of hydrogen-bond donors (Lipinski definition) is 0. The van der Waals surface area contributed by atoms with E-state index in [0.717, 1.165) is 32.0 Å². The second-order valence-corrected chi connectivity index (χ2v) is 6.69. The van der Waals surface area contributed by atoms with Crippen LogP contribution in [0.2, 0.25) is 0 Å². The number of carbonyl (C=O) groups is 1. The van der Waals surface area contributed by atoms with Crippen LogP contribution in [0.4, 0.5) is 0 Å². The summed E-state index contributed by atoms with van der Waals surface area (Å²) in [5, 5.41) is 0. The van der Waals surface area contributed by atoms with E-state index in [1.54, 1.807) is 6.07 Å². The molecule has 0 amide bonds. The fourth-order valence-electron chi connectivity index (χ4n) is 3.05. The van der Waals surface area contributed by atoms with Crippen molar-refractivity contribution in [3.05, 3.63) is 95.6 Å². The second-order valence-electron chi connectivity index (χ2n) is 6.69. The van der Waals surface area contributed by atoms with Crippen molar-refractivity contribution in [2.75, 3.05) is 13.2 Å². The molecule has 0 unspecified atom stereocenters. The Morgan fingerprint density at radius 3 is 1.82 bits per heavy atom. The summed E-state index contributed by atoms with van der Waals surface area (Å²) in [4.78, 5) is 11.4. The average Bonchev–Trinajstić information content (AvgIpc) is 2.76. The predicted octanol–water partition coefficient (Wildman–Crippen LogP) is 5.52. The molecule has 3 aromatic rings. The molecule has 0 aliphatic heterocycles. The molecule has 0 N–H and O–H groups in total. The number of aldehydes is 1. The Kier molecular flexibility index (Phi) is 7.68. The molecule has 0 aromatic heterocycles. The normalized spacial score (nSPS) is 10.4. The molecule has 3 rings (SSSR count). The van der Waals surface area contributed by atoms with Crippen LogP contribution in [0.5, 0.6) is 11.5 Å². The minimum absolute atomic E-state index is 0.528. The molecule has 3 nitrogen and oxygen atoms in total. The van der Waals surface area contributed by atoms with Crippen LogP contribution in [0.25, 0.3) is 0 Å². The Balaban J connectivity index is 1.43. The van der Waals surface area contributed by atoms with E-state index in [1.165, 1.54) is 11.1 Å². The zero-order valence-corrected chi connectivity index (χ0v) is 16.1. The third-order valence-electron chi connectivity index (χ3n) is 4.54. The van der Waals surface area contributed by atoms with Crippen molar-refractivity contribution in [2.24, 2.45) is 0 Å². The molecule has 0 atom stereocenters. The first kappa shape index (κ1) is 19.7. The van der Waals surface area contributed by atoms with Gasteiger partial charge in [-0.2, -0.15) is 0 Å². The SMILES string of the molecule is O=Cc1cc(OCCCc2ccccc2)ccc1OCCCc1ccccc1. The highest BCUT2D eigenvalue weighted by Gasteiger charge is 2.06. The van der Waals surface area contributed by atoms with Crippen LogP contribution in [0.1, 0.15) is 34.3 Å². The van der Waals surface area contributed by atoms with Crippen molar-refractivity contribution in [3.63, 3.8) is 0 Å². The summed E-state index contributed by atoms with van der Waals surface area (Å²) < 4.78 is 11.6. The molecule has 3 aromatic carbocycles. The van der Waals surface area contributed by atoms with Gasteiger partial charge < -0.3 is 9.47 Å². The Bertz CT molecular complexity index is 844. The minimum atomic E-state index is 0.528. The van der Waals surface area contributed by atoms with E-state index < -0.39 is 0 Å². The molecule has 28 heavy (non-hydrogen) atoms. The Morgan fingerprint density at radius 2 is 1.25 bits per heavy atom. The first-order valence-electron chi connectivity index (χ1n) is 9.78. The summed E-state index contributed by atoms with van der Waals surface area (Å²) >= 11 is 0. The Morgan fingerprint density at radius 1 is 0.679 bits per heavy atom. The number of hydrogen-bond acceptors (Lipinski definition) is 3. The van der Waals surface area contributed by atoms with Crippen LogP contribution in [0.3, 0.4) is 0 Å². The van der Waals surface area contributed by atoms with Gasteiger partial charge in [0.2, 0.25) is 0 Å². The largest absolute Gasteiger partial charge is 0.494 e. The van der Waals surface area contributed by atoms with Gasteiger partial charge in [0.05, 0.1) is 18.8 Å². The third kappa shape index (κ3) is 6.27. The fourth-order valence-corrected chi connectivity index (χ4v) is 3.05. The Hall–Kier alpha value is -3.07. The van der Waals surface area contributed by atoms with Gasteiger partial charge in [-0.15, -0.1) is 0 Å². The minimum Gasteiger partial charge on any atom is -0.494 e. The van der Waals surface area contributed by atoms with Crippen molar-refractivity contribution in [1.82, 2.24) is 0 Å². The molecule has 0 aliphatic carbocycles. The summed E-state index contributed by atoms with van der Waals surface area (Å²) in [6.07, 6.45) is 4.59. The van der Waals surface area contributed by atoms with Gasteiger partial charge >= 0.3 is 0 Å². The highest BCUT2D eigenvalue weighted by atomic mass is 16.5. The second kappa shape index (κ2) is 10.9. The molecule has 3 heteroatoms. The molecule has 0 radical (unpaired) electrons. The van der Waals surface area contributed by atoms with E-state index in [1.807, 2.05) is 48.5 Å². The molecule has 0 spiro atoms. The molecular weight excluding hydrogens is 348 g/mol. The maximum atomic E-state index is 11.4. The van der Waals surface area contributed by atoms with E-state index in [9.17, 15) is 4.79 Å². The molecule has 0 saturated carbocycles. The van der Waals surface area contributed by atoms with E-state index in [2.05, 4.69) is 24.3 Å². The lowest BCUT2D eigenvalue weighted by Gasteiger charge is -2.11. The molecule has 0 fully saturated rings. The first-order valence-corrected chi connectivity index (χ1v) is 9.78. The van der Waals surface area contributed by atoms with Gasteiger partial charge in [0.15, 0.2) is 6.29 Å². The number of rotatable bonds is 11. The van der Waals surface area contributed by atoms with Crippen LogP contribution >= 0.6 is 0 Å². The quantitative estimate of drug-likeness (QED) is 0.327. The lowest BCUT2D eigenvalue weighted by atomic mass is 10.1. The van der Waals surface area contributed by atoms with Crippen molar-refractivity contribution in [3.8, 4) is 11.5 Å². The monoisotopic (exact) mass is 374 g/mol. The van der Waals surface area contributed by atoms with Crippen LogP contribution in [0, 0.1) is 0 Å². The van der Waals surface area contributed by atoms with Gasteiger partial charge in [0, 0.05) is 0 Å². The standard InChI is InChI=1S/C25H26O3/c26-20-23-19-24(27-17-7-13-21-9-3-1-4-10-21)15-16-25(23)28-18-8-14-22-11-5-2-6-12-22/h1-6,9-12,15-16,19-20H,7-8,13-14,17-18H2. The topological polar surface area (TPSA) is 35.5 Å². The molecule has 0 heterocycles. The number of benzene rings is 3. The van der Waals surface area contributed by atoms with Gasteiger partial charge in [0.25, 0.3) is 0 Å². The van der Waals surface area contributed by atoms with E-state index in [0.29, 0.717) is 30.3 Å². The summed E-state index contributed by atoms with van der Waals surface area (Å²) in [7, 11) is 0. The Labute approximate surface area is 166 Å². The molecule has 0 saturated heterocycles. The molecule has 144 valence electrons. The van der Waals surface area contributed by atoms with Crippen LogP contribution in [0.15, 0.2) is 78.9 Å². The average molecular weight is 374 g/mol. The number of carbonyl (C=O) groups excluding carboxylic acids is 1. The molecule has 0 aliphatic rings. The van der Waals surface area contributed by atoms with E-state index >= 15 is 0 Å². The third-order valence-corrected chi connectivity index (χ3v) is 4.54. The summed E-state index contributed by atoms with van der Waals surface area (Å²) in [6, 6.07) is 26.1. The maximum Gasteiger partial charge on any atom is 0.153 e. The fraction of sp³-hybridized carbons (Fsp3) is 0.240. The molecule has 0 bridgehead atoms.